The number of ether oxygens (including phenoxy) is 1. The first-order chi connectivity index (χ1) is 20.4. The van der Waals surface area contributed by atoms with Gasteiger partial charge >= 0.3 is 6.09 Å². The lowest BCUT2D eigenvalue weighted by Gasteiger charge is -2.32. The monoisotopic (exact) mass is 631 g/mol. The predicted octanol–water partition coefficient (Wildman–Crippen LogP) is 4.53. The Bertz CT molecular complexity index is 1270. The zero-order valence-corrected chi connectivity index (χ0v) is 26.7. The zero-order valence-electron chi connectivity index (χ0n) is 25.2. The first-order valence-electron chi connectivity index (χ1n) is 15.0. The molecule has 0 aliphatic carbocycles. The zero-order chi connectivity index (χ0) is 31.1. The number of rotatable bonds is 10. The summed E-state index contributed by atoms with van der Waals surface area (Å²) in [5.74, 6) is -0.376. The normalized spacial score (nSPS) is 21.6. The summed E-state index contributed by atoms with van der Waals surface area (Å²) in [5, 5.41) is 6.79. The van der Waals surface area contributed by atoms with Crippen LogP contribution in [0.4, 0.5) is 4.79 Å². The minimum absolute atomic E-state index is 0.0994. The van der Waals surface area contributed by atoms with Gasteiger partial charge in [-0.2, -0.15) is 0 Å². The van der Waals surface area contributed by atoms with E-state index in [0.29, 0.717) is 42.4 Å². The maximum absolute atomic E-state index is 14.2. The van der Waals surface area contributed by atoms with Crippen LogP contribution in [-0.4, -0.2) is 77.1 Å². The molecule has 2 aromatic rings. The van der Waals surface area contributed by atoms with Gasteiger partial charge < -0.3 is 26.0 Å². The third-order valence-electron chi connectivity index (χ3n) is 7.98. The Balaban J connectivity index is 1.52. The van der Waals surface area contributed by atoms with E-state index in [1.165, 1.54) is 5.56 Å². The number of aryl methyl sites for hydroxylation is 1. The summed E-state index contributed by atoms with van der Waals surface area (Å²) in [5.41, 5.74) is 7.36. The molecule has 4 atom stereocenters. The number of halogens is 2. The van der Waals surface area contributed by atoms with E-state index in [-0.39, 0.29) is 37.0 Å². The summed E-state index contributed by atoms with van der Waals surface area (Å²) in [6.45, 7) is 6.94. The molecule has 0 saturated carbocycles. The quantitative estimate of drug-likeness (QED) is 0.355. The van der Waals surface area contributed by atoms with Crippen LogP contribution in [0, 0.1) is 0 Å². The fourth-order valence-corrected chi connectivity index (χ4v) is 6.30. The van der Waals surface area contributed by atoms with Gasteiger partial charge in [-0.1, -0.05) is 59.6 Å². The second-order valence-electron chi connectivity index (χ2n) is 12.3. The number of hydrogen-bond donors (Lipinski definition) is 3. The number of nitrogens with two attached hydrogens (primary N) is 1. The van der Waals surface area contributed by atoms with Crippen molar-refractivity contribution >= 4 is 41.1 Å². The van der Waals surface area contributed by atoms with E-state index in [0.717, 1.165) is 18.4 Å². The van der Waals surface area contributed by atoms with E-state index >= 15 is 0 Å². The van der Waals surface area contributed by atoms with Crippen LogP contribution >= 0.6 is 23.2 Å². The number of carbonyl (C=O) groups excluding carboxylic acids is 3. The molecule has 2 aromatic carbocycles. The molecule has 0 bridgehead atoms. The van der Waals surface area contributed by atoms with Gasteiger partial charge in [0.1, 0.15) is 11.6 Å². The van der Waals surface area contributed by atoms with Crippen molar-refractivity contribution in [1.82, 2.24) is 20.4 Å². The summed E-state index contributed by atoms with van der Waals surface area (Å²) in [6.07, 6.45) is 2.70. The molecule has 234 valence electrons. The number of amides is 3. The molecule has 11 heteroatoms. The molecule has 2 unspecified atom stereocenters. The highest BCUT2D eigenvalue weighted by atomic mass is 35.5. The summed E-state index contributed by atoms with van der Waals surface area (Å²) in [6, 6.07) is 14.1. The molecule has 3 amide bonds. The largest absolute Gasteiger partial charge is 0.444 e. The van der Waals surface area contributed by atoms with E-state index in [2.05, 4.69) is 27.7 Å². The summed E-state index contributed by atoms with van der Waals surface area (Å²) >= 11 is 12.2. The smallest absolute Gasteiger partial charge is 0.407 e. The Kier molecular flexibility index (Phi) is 11.3. The Morgan fingerprint density at radius 3 is 2.51 bits per heavy atom. The van der Waals surface area contributed by atoms with Crippen LogP contribution in [0.25, 0.3) is 0 Å². The van der Waals surface area contributed by atoms with Crippen LogP contribution in [0.1, 0.15) is 57.6 Å². The molecule has 0 aromatic heterocycles. The summed E-state index contributed by atoms with van der Waals surface area (Å²) < 4.78 is 5.49. The van der Waals surface area contributed by atoms with Crippen molar-refractivity contribution in [2.45, 2.75) is 89.2 Å². The third kappa shape index (κ3) is 9.08. The van der Waals surface area contributed by atoms with Gasteiger partial charge in [-0.3, -0.25) is 14.5 Å². The van der Waals surface area contributed by atoms with Gasteiger partial charge in [0.05, 0.1) is 16.1 Å². The van der Waals surface area contributed by atoms with Crippen LogP contribution < -0.4 is 16.4 Å². The summed E-state index contributed by atoms with van der Waals surface area (Å²) in [4.78, 5) is 44.2. The molecule has 4 rings (SSSR count). The predicted molar refractivity (Wildman–Crippen MR) is 169 cm³/mol. The number of carbonyl (C=O) groups is 3. The van der Waals surface area contributed by atoms with Crippen LogP contribution in [0.15, 0.2) is 48.5 Å². The van der Waals surface area contributed by atoms with E-state index in [1.807, 2.05) is 39.0 Å². The Morgan fingerprint density at radius 1 is 1.09 bits per heavy atom. The molecule has 2 aliphatic rings. The highest BCUT2D eigenvalue weighted by molar-refractivity contribution is 6.42. The maximum atomic E-state index is 14.2. The number of benzene rings is 2. The number of nitrogens with zero attached hydrogens (tertiary/aromatic N) is 2. The number of alkyl carbamates (subject to hydrolysis) is 1. The average Bonchev–Trinajstić information content (AvgIpc) is 3.32. The molecular formula is C32H43Cl2N5O4. The van der Waals surface area contributed by atoms with Crippen molar-refractivity contribution in [3.8, 4) is 0 Å². The van der Waals surface area contributed by atoms with E-state index in [1.54, 1.807) is 23.1 Å². The molecule has 2 heterocycles. The fraction of sp³-hybridized carbons (Fsp3) is 0.531. The van der Waals surface area contributed by atoms with Gasteiger partial charge in [0, 0.05) is 31.7 Å². The maximum Gasteiger partial charge on any atom is 0.407 e. The van der Waals surface area contributed by atoms with Crippen LogP contribution in [0.2, 0.25) is 10.0 Å². The summed E-state index contributed by atoms with van der Waals surface area (Å²) in [7, 11) is 0. The fourth-order valence-electron chi connectivity index (χ4n) is 5.98. The third-order valence-corrected chi connectivity index (χ3v) is 8.72. The minimum Gasteiger partial charge on any atom is -0.444 e. The van der Waals surface area contributed by atoms with Gasteiger partial charge in [0.15, 0.2) is 0 Å². The Labute approximate surface area is 264 Å². The minimum atomic E-state index is -0.715. The lowest BCUT2D eigenvalue weighted by Crippen LogP contribution is -2.53. The molecule has 2 fully saturated rings. The molecule has 0 radical (unpaired) electrons. The molecule has 43 heavy (non-hydrogen) atoms. The van der Waals surface area contributed by atoms with Gasteiger partial charge in [0.25, 0.3) is 0 Å². The second-order valence-corrected chi connectivity index (χ2v) is 13.2. The van der Waals surface area contributed by atoms with Crippen molar-refractivity contribution in [3.05, 3.63) is 69.7 Å². The van der Waals surface area contributed by atoms with Crippen LogP contribution in [0.3, 0.4) is 0 Å². The first-order valence-corrected chi connectivity index (χ1v) is 15.7. The molecule has 0 spiro atoms. The van der Waals surface area contributed by atoms with E-state index in [4.69, 9.17) is 33.7 Å². The van der Waals surface area contributed by atoms with E-state index in [9.17, 15) is 14.4 Å². The standard InChI is InChI=1S/C32H43Cl2N5O4/c1-32(2,3)43-31(42)37-23-18-28-30(41)38(16-14-24(39(28)20-23)11-9-21-7-5-4-6-8-21)27(13-15-35)29(40)36-19-22-10-12-25(33)26(34)17-22/h4-8,10,12,17,23-24,27-28H,9,11,13-16,18-20,35H2,1-3H3,(H,36,40)(H,37,42)/t23?,24?,27-,28+/m1/s1. The molecule has 4 N–H and O–H groups in total. The van der Waals surface area contributed by atoms with E-state index < -0.39 is 23.8 Å². The highest BCUT2D eigenvalue weighted by Gasteiger charge is 2.46. The number of nitrogens with one attached hydrogen (secondary N) is 2. The van der Waals surface area contributed by atoms with Gasteiger partial charge in [0.2, 0.25) is 11.8 Å². The highest BCUT2D eigenvalue weighted by Crippen LogP contribution is 2.31. The Hall–Kier alpha value is -2.85. The Morgan fingerprint density at radius 2 is 1.84 bits per heavy atom. The topological polar surface area (TPSA) is 117 Å². The lowest BCUT2D eigenvalue weighted by atomic mass is 10.0. The lowest BCUT2D eigenvalue weighted by molar-refractivity contribution is -0.143. The molecule has 2 saturated heterocycles. The van der Waals surface area contributed by atoms with Crippen molar-refractivity contribution < 1.29 is 19.1 Å². The van der Waals surface area contributed by atoms with Crippen LogP contribution in [-0.2, 0) is 27.3 Å². The van der Waals surface area contributed by atoms with Gasteiger partial charge in [-0.15, -0.1) is 0 Å². The molecule has 2 aliphatic heterocycles. The van der Waals surface area contributed by atoms with Crippen molar-refractivity contribution in [2.24, 2.45) is 5.73 Å². The molecular weight excluding hydrogens is 589 g/mol. The van der Waals surface area contributed by atoms with Crippen molar-refractivity contribution in [1.29, 1.82) is 0 Å². The van der Waals surface area contributed by atoms with Crippen molar-refractivity contribution in [3.63, 3.8) is 0 Å². The SMILES string of the molecule is CC(C)(C)OC(=O)NC1C[C@H]2C(=O)N([C@H](CCN)C(=O)NCc3ccc(Cl)c(Cl)c3)CCC(CCc3ccccc3)N2C1. The average molecular weight is 633 g/mol. The second kappa shape index (κ2) is 14.8. The number of fused-ring (bicyclic) bond motifs is 1. The van der Waals surface area contributed by atoms with Crippen LogP contribution in [0.5, 0.6) is 0 Å². The van der Waals surface area contributed by atoms with Gasteiger partial charge in [-0.25, -0.2) is 4.79 Å². The number of hydrogen-bond acceptors (Lipinski definition) is 6. The van der Waals surface area contributed by atoms with Crippen molar-refractivity contribution in [2.75, 3.05) is 19.6 Å². The molecule has 9 nitrogen and oxygen atoms in total. The van der Waals surface area contributed by atoms with Gasteiger partial charge in [-0.05, 0) is 82.7 Å². The first kappa shape index (κ1) is 33.1.